The van der Waals surface area contributed by atoms with Crippen LogP contribution in [-0.4, -0.2) is 37.1 Å². The van der Waals surface area contributed by atoms with Crippen molar-refractivity contribution < 1.29 is 22.5 Å². The van der Waals surface area contributed by atoms with Gasteiger partial charge in [-0.1, -0.05) is 57.7 Å². The molecule has 8 heteroatoms. The van der Waals surface area contributed by atoms with E-state index in [-0.39, 0.29) is 24.2 Å². The van der Waals surface area contributed by atoms with Gasteiger partial charge in [0.2, 0.25) is 5.91 Å². The van der Waals surface area contributed by atoms with Crippen LogP contribution in [0, 0.1) is 23.7 Å². The molecule has 35 heavy (non-hydrogen) atoms. The number of hydrogen-bond donors (Lipinski definition) is 3. The molecule has 4 N–H and O–H groups in total. The number of carbonyl (C=O) groups excluding carboxylic acids is 1. The zero-order valence-corrected chi connectivity index (χ0v) is 22.2. The predicted octanol–water partition coefficient (Wildman–Crippen LogP) is 5.04. The molecular formula is C27H40N2O5S. The molecule has 0 fully saturated rings. The van der Waals surface area contributed by atoms with Gasteiger partial charge in [0.15, 0.2) is 0 Å². The number of nitrogens with one attached hydrogen (secondary N) is 1. The number of allylic oxidation sites excluding steroid dienone is 2. The summed E-state index contributed by atoms with van der Waals surface area (Å²) in [6.45, 7) is 14.1. The highest BCUT2D eigenvalue weighted by Gasteiger charge is 2.35. The van der Waals surface area contributed by atoms with E-state index in [1.54, 1.807) is 24.3 Å². The van der Waals surface area contributed by atoms with E-state index in [1.165, 1.54) is 12.2 Å². The van der Waals surface area contributed by atoms with Crippen LogP contribution in [-0.2, 0) is 19.6 Å². The quantitative estimate of drug-likeness (QED) is 0.221. The van der Waals surface area contributed by atoms with Crippen molar-refractivity contribution in [1.82, 2.24) is 0 Å². The van der Waals surface area contributed by atoms with Gasteiger partial charge in [-0.2, -0.15) is 8.42 Å². The first kappa shape index (κ1) is 29.0. The van der Waals surface area contributed by atoms with Gasteiger partial charge in [-0.3, -0.25) is 9.35 Å². The van der Waals surface area contributed by atoms with Crippen molar-refractivity contribution in [2.45, 2.75) is 59.1 Å². The summed E-state index contributed by atoms with van der Waals surface area (Å²) in [5.41, 5.74) is 7.40. The zero-order valence-electron chi connectivity index (χ0n) is 21.4. The molecule has 1 aromatic carbocycles. The summed E-state index contributed by atoms with van der Waals surface area (Å²) in [6, 6.07) is 6.83. The van der Waals surface area contributed by atoms with Crippen LogP contribution >= 0.6 is 0 Å². The van der Waals surface area contributed by atoms with Crippen molar-refractivity contribution in [1.29, 1.82) is 0 Å². The SMILES string of the molecule is C=C(C=Cc1ccc(NC(=O)COC2C=CC(C)C(C(CC(C)(C)N)C(C)C)C2)cc1)S(=O)(=O)O. The Morgan fingerprint density at radius 2 is 1.91 bits per heavy atom. The van der Waals surface area contributed by atoms with E-state index in [0.29, 0.717) is 34.9 Å². The van der Waals surface area contributed by atoms with E-state index in [0.717, 1.165) is 12.8 Å². The lowest BCUT2D eigenvalue weighted by Gasteiger charge is -2.40. The third kappa shape index (κ3) is 9.72. The Morgan fingerprint density at radius 1 is 1.29 bits per heavy atom. The minimum Gasteiger partial charge on any atom is -0.364 e. The first-order valence-corrected chi connectivity index (χ1v) is 13.4. The van der Waals surface area contributed by atoms with Crippen LogP contribution in [0.2, 0.25) is 0 Å². The van der Waals surface area contributed by atoms with E-state index in [4.69, 9.17) is 15.0 Å². The third-order valence-corrected chi connectivity index (χ3v) is 7.19. The van der Waals surface area contributed by atoms with Gasteiger partial charge in [0.05, 0.1) is 11.0 Å². The summed E-state index contributed by atoms with van der Waals surface area (Å²) in [4.78, 5) is 12.0. The molecule has 7 nitrogen and oxygen atoms in total. The molecule has 194 valence electrons. The molecule has 1 aliphatic rings. The molecule has 4 unspecified atom stereocenters. The van der Waals surface area contributed by atoms with Crippen LogP contribution in [0.1, 0.15) is 53.0 Å². The van der Waals surface area contributed by atoms with E-state index in [2.05, 4.69) is 58.7 Å². The van der Waals surface area contributed by atoms with Crippen molar-refractivity contribution in [3.63, 3.8) is 0 Å². The molecule has 0 saturated heterocycles. The maximum absolute atomic E-state index is 12.4. The molecule has 0 aromatic heterocycles. The smallest absolute Gasteiger partial charge is 0.293 e. The summed E-state index contributed by atoms with van der Waals surface area (Å²) in [5.74, 6) is 1.59. The minimum absolute atomic E-state index is 0.0549. The molecule has 0 aliphatic heterocycles. The monoisotopic (exact) mass is 504 g/mol. The van der Waals surface area contributed by atoms with Gasteiger partial charge in [-0.05, 0) is 74.1 Å². The standard InChI is InChI=1S/C27H40N2O5S/c1-18(2)25(16-27(5,6)28)24-15-23(14-7-19(24)3)34-17-26(30)29-22-12-10-21(11-13-22)9-8-20(4)35(31,32)33/h7-14,18-19,23-25H,4,15-17,28H2,1-3,5-6H3,(H,29,30)(H,31,32,33). The average molecular weight is 505 g/mol. The van der Waals surface area contributed by atoms with Crippen molar-refractivity contribution in [2.24, 2.45) is 29.4 Å². The Kier molecular flexibility index (Phi) is 10.0. The topological polar surface area (TPSA) is 119 Å². The summed E-state index contributed by atoms with van der Waals surface area (Å²) >= 11 is 0. The largest absolute Gasteiger partial charge is 0.364 e. The van der Waals surface area contributed by atoms with Gasteiger partial charge in [-0.15, -0.1) is 0 Å². The lowest BCUT2D eigenvalue weighted by atomic mass is 9.68. The summed E-state index contributed by atoms with van der Waals surface area (Å²) in [6.07, 6.45) is 8.65. The molecule has 0 saturated carbocycles. The molecule has 4 atom stereocenters. The lowest BCUT2D eigenvalue weighted by molar-refractivity contribution is -0.122. The van der Waals surface area contributed by atoms with Crippen LogP contribution in [0.5, 0.6) is 0 Å². The summed E-state index contributed by atoms with van der Waals surface area (Å²) in [5, 5.41) is 2.81. The lowest BCUT2D eigenvalue weighted by Crippen LogP contribution is -2.41. The zero-order chi connectivity index (χ0) is 26.4. The van der Waals surface area contributed by atoms with Gasteiger partial charge in [0.1, 0.15) is 6.61 Å². The number of ether oxygens (including phenoxy) is 1. The fourth-order valence-electron chi connectivity index (χ4n) is 4.51. The Hall–Kier alpha value is -2.26. The second-order valence-electron chi connectivity index (χ2n) is 10.5. The maximum atomic E-state index is 12.4. The highest BCUT2D eigenvalue weighted by atomic mass is 32.2. The predicted molar refractivity (Wildman–Crippen MR) is 142 cm³/mol. The molecule has 2 rings (SSSR count). The van der Waals surface area contributed by atoms with Gasteiger partial charge in [-0.25, -0.2) is 0 Å². The van der Waals surface area contributed by atoms with E-state index in [1.807, 2.05) is 0 Å². The Morgan fingerprint density at radius 3 is 2.46 bits per heavy atom. The second-order valence-corrected chi connectivity index (χ2v) is 12.0. The van der Waals surface area contributed by atoms with Crippen molar-refractivity contribution in [3.05, 3.63) is 59.5 Å². The molecule has 0 bridgehead atoms. The number of hydrogen-bond acceptors (Lipinski definition) is 5. The molecule has 0 heterocycles. The second kappa shape index (κ2) is 12.1. The number of anilines is 1. The van der Waals surface area contributed by atoms with E-state index >= 15 is 0 Å². The molecule has 0 radical (unpaired) electrons. The maximum Gasteiger partial charge on any atom is 0.293 e. The normalized spacial score (nSPS) is 21.9. The summed E-state index contributed by atoms with van der Waals surface area (Å²) < 4.78 is 36.9. The van der Waals surface area contributed by atoms with Crippen LogP contribution in [0.4, 0.5) is 5.69 Å². The molecular weight excluding hydrogens is 464 g/mol. The highest BCUT2D eigenvalue weighted by Crippen LogP contribution is 2.39. The van der Waals surface area contributed by atoms with Gasteiger partial charge < -0.3 is 15.8 Å². The van der Waals surface area contributed by atoms with Gasteiger partial charge >= 0.3 is 0 Å². The van der Waals surface area contributed by atoms with Crippen LogP contribution in [0.3, 0.4) is 0 Å². The fraction of sp³-hybridized carbons (Fsp3) is 0.519. The number of nitrogens with two attached hydrogens (primary N) is 1. The number of amides is 1. The van der Waals surface area contributed by atoms with E-state index < -0.39 is 15.0 Å². The highest BCUT2D eigenvalue weighted by molar-refractivity contribution is 7.90. The molecule has 1 amide bonds. The Balaban J connectivity index is 1.91. The minimum atomic E-state index is -4.30. The third-order valence-electron chi connectivity index (χ3n) is 6.39. The fourth-order valence-corrected chi connectivity index (χ4v) is 4.75. The average Bonchev–Trinajstić information content (AvgIpc) is 2.75. The van der Waals surface area contributed by atoms with Crippen molar-refractivity contribution in [3.8, 4) is 0 Å². The van der Waals surface area contributed by atoms with Gasteiger partial charge in [0.25, 0.3) is 10.1 Å². The van der Waals surface area contributed by atoms with Crippen molar-refractivity contribution >= 4 is 27.8 Å². The first-order valence-electron chi connectivity index (χ1n) is 12.0. The Bertz CT molecular complexity index is 1040. The van der Waals surface area contributed by atoms with E-state index in [9.17, 15) is 13.2 Å². The number of benzene rings is 1. The van der Waals surface area contributed by atoms with Gasteiger partial charge in [0, 0.05) is 11.2 Å². The molecule has 1 aromatic rings. The molecule has 0 spiro atoms. The first-order chi connectivity index (χ1) is 16.2. The number of carbonyl (C=O) groups is 1. The van der Waals surface area contributed by atoms with Crippen molar-refractivity contribution in [2.75, 3.05) is 11.9 Å². The Labute approximate surface area is 210 Å². The molecule has 1 aliphatic carbocycles. The number of rotatable bonds is 11. The van der Waals surface area contributed by atoms with Crippen LogP contribution in [0.15, 0.2) is 54.0 Å². The van der Waals surface area contributed by atoms with Crippen LogP contribution in [0.25, 0.3) is 6.08 Å². The van der Waals surface area contributed by atoms with Crippen LogP contribution < -0.4 is 11.1 Å². The summed E-state index contributed by atoms with van der Waals surface area (Å²) in [7, 11) is -4.30.